The topological polar surface area (TPSA) is 70.2 Å². The Morgan fingerprint density at radius 1 is 1.30 bits per heavy atom. The summed E-state index contributed by atoms with van der Waals surface area (Å²) in [5.41, 5.74) is 3.84. The van der Waals surface area contributed by atoms with Crippen molar-refractivity contribution >= 4 is 16.8 Å². The molecule has 27 heavy (non-hydrogen) atoms. The molecule has 4 rings (SSSR count). The Hall–Kier alpha value is -2.70. The van der Waals surface area contributed by atoms with Crippen molar-refractivity contribution in [2.24, 2.45) is 0 Å². The van der Waals surface area contributed by atoms with E-state index >= 15 is 0 Å². The van der Waals surface area contributed by atoms with Crippen LogP contribution in [0.1, 0.15) is 27.7 Å². The number of rotatable bonds is 5. The zero-order chi connectivity index (χ0) is 18.6. The minimum atomic E-state index is -0.0917. The number of benzene rings is 1. The molecule has 1 fully saturated rings. The fourth-order valence-corrected chi connectivity index (χ4v) is 3.58. The van der Waals surface area contributed by atoms with Crippen molar-refractivity contribution in [3.05, 3.63) is 65.6 Å². The molecule has 1 aliphatic rings. The van der Waals surface area contributed by atoms with Crippen molar-refractivity contribution in [3.63, 3.8) is 0 Å². The maximum Gasteiger partial charge on any atom is 0.267 e. The summed E-state index contributed by atoms with van der Waals surface area (Å²) < 4.78 is 5.47. The number of H-pyrrole nitrogens is 1. The number of carbonyl (C=O) groups excluding carboxylic acids is 1. The van der Waals surface area contributed by atoms with Crippen molar-refractivity contribution in [2.75, 3.05) is 32.8 Å². The highest BCUT2D eigenvalue weighted by atomic mass is 16.5. The molecule has 0 aliphatic carbocycles. The number of morpholine rings is 1. The van der Waals surface area contributed by atoms with Gasteiger partial charge in [-0.3, -0.25) is 14.7 Å². The van der Waals surface area contributed by atoms with Gasteiger partial charge in [-0.05, 0) is 36.8 Å². The van der Waals surface area contributed by atoms with Gasteiger partial charge in [-0.2, -0.15) is 0 Å². The van der Waals surface area contributed by atoms with Crippen LogP contribution in [0.25, 0.3) is 10.9 Å². The second kappa shape index (κ2) is 7.90. The average Bonchev–Trinajstić information content (AvgIpc) is 3.13. The van der Waals surface area contributed by atoms with Crippen LogP contribution >= 0.6 is 0 Å². The Bertz CT molecular complexity index is 916. The lowest BCUT2D eigenvalue weighted by Gasteiger charge is -2.34. The third-order valence-electron chi connectivity index (χ3n) is 5.03. The molecular weight excluding hydrogens is 340 g/mol. The van der Waals surface area contributed by atoms with Crippen molar-refractivity contribution < 1.29 is 9.53 Å². The lowest BCUT2D eigenvalue weighted by Crippen LogP contribution is -2.43. The van der Waals surface area contributed by atoms with Crippen LogP contribution in [-0.4, -0.2) is 53.6 Å². The quantitative estimate of drug-likeness (QED) is 0.730. The molecule has 3 heterocycles. The Morgan fingerprint density at radius 3 is 2.93 bits per heavy atom. The summed E-state index contributed by atoms with van der Waals surface area (Å²) in [4.78, 5) is 22.5. The van der Waals surface area contributed by atoms with Gasteiger partial charge in [-0.25, -0.2) is 0 Å². The molecule has 1 unspecified atom stereocenters. The number of nitrogens with zero attached hydrogens (tertiary/aromatic N) is 2. The van der Waals surface area contributed by atoms with Crippen molar-refractivity contribution in [2.45, 2.75) is 13.0 Å². The molecule has 0 bridgehead atoms. The van der Waals surface area contributed by atoms with Crippen LogP contribution in [0, 0.1) is 6.92 Å². The predicted octanol–water partition coefficient (Wildman–Crippen LogP) is 2.67. The summed E-state index contributed by atoms with van der Waals surface area (Å²) in [5, 5.41) is 4.14. The molecule has 6 nitrogen and oxygen atoms in total. The van der Waals surface area contributed by atoms with Crippen LogP contribution in [0.5, 0.6) is 0 Å². The summed E-state index contributed by atoms with van der Waals surface area (Å²) >= 11 is 0. The van der Waals surface area contributed by atoms with E-state index in [1.165, 1.54) is 5.56 Å². The first-order chi connectivity index (χ1) is 13.2. The molecule has 3 aromatic rings. The molecule has 0 radical (unpaired) electrons. The van der Waals surface area contributed by atoms with Crippen LogP contribution in [0.15, 0.2) is 48.8 Å². The van der Waals surface area contributed by atoms with Crippen LogP contribution in [0.2, 0.25) is 0 Å². The van der Waals surface area contributed by atoms with Crippen molar-refractivity contribution in [1.82, 2.24) is 20.2 Å². The second-order valence-corrected chi connectivity index (χ2v) is 6.93. The number of aromatic nitrogens is 2. The van der Waals surface area contributed by atoms with Gasteiger partial charge in [0.1, 0.15) is 5.69 Å². The number of hydrogen-bond acceptors (Lipinski definition) is 4. The van der Waals surface area contributed by atoms with Gasteiger partial charge in [-0.15, -0.1) is 0 Å². The molecule has 1 saturated heterocycles. The monoisotopic (exact) mass is 364 g/mol. The Kier molecular flexibility index (Phi) is 5.18. The van der Waals surface area contributed by atoms with Crippen molar-refractivity contribution in [3.8, 4) is 0 Å². The second-order valence-electron chi connectivity index (χ2n) is 6.93. The van der Waals surface area contributed by atoms with Crippen LogP contribution < -0.4 is 5.32 Å². The molecule has 1 aliphatic heterocycles. The maximum atomic E-state index is 12.7. The molecular formula is C21H24N4O2. The first-order valence-electron chi connectivity index (χ1n) is 9.30. The molecule has 0 saturated carbocycles. The summed E-state index contributed by atoms with van der Waals surface area (Å²) in [5.74, 6) is -0.0917. The van der Waals surface area contributed by atoms with E-state index < -0.39 is 0 Å². The fourth-order valence-electron chi connectivity index (χ4n) is 3.58. The Balaban J connectivity index is 1.49. The standard InChI is InChI=1S/C21H24N4O2/c1-15-4-5-18-17(11-15)12-19(24-18)21(26)23-14-20(16-3-2-6-22-13-16)25-7-9-27-10-8-25/h2-6,11-13,20,24H,7-10,14H2,1H3,(H,23,26). The number of pyridine rings is 1. The number of ether oxygens (including phenoxy) is 1. The number of carbonyl (C=O) groups is 1. The maximum absolute atomic E-state index is 12.7. The van der Waals surface area contributed by atoms with Crippen LogP contribution in [-0.2, 0) is 4.74 Å². The van der Waals surface area contributed by atoms with Gasteiger partial charge in [0, 0.05) is 42.9 Å². The van der Waals surface area contributed by atoms with E-state index in [1.54, 1.807) is 6.20 Å². The molecule has 1 amide bonds. The molecule has 0 spiro atoms. The van der Waals surface area contributed by atoms with E-state index in [0.717, 1.165) is 29.6 Å². The predicted molar refractivity (Wildman–Crippen MR) is 105 cm³/mol. The third kappa shape index (κ3) is 4.02. The Morgan fingerprint density at radius 2 is 2.15 bits per heavy atom. The number of aryl methyl sites for hydroxylation is 1. The number of hydrogen-bond donors (Lipinski definition) is 2. The van der Waals surface area contributed by atoms with Gasteiger partial charge in [-0.1, -0.05) is 17.7 Å². The minimum Gasteiger partial charge on any atom is -0.379 e. The van der Waals surface area contributed by atoms with E-state index in [1.807, 2.05) is 37.4 Å². The average molecular weight is 364 g/mol. The minimum absolute atomic E-state index is 0.0816. The first kappa shape index (κ1) is 17.7. The van der Waals surface area contributed by atoms with Gasteiger partial charge < -0.3 is 15.0 Å². The zero-order valence-electron chi connectivity index (χ0n) is 15.4. The molecule has 2 N–H and O–H groups in total. The van der Waals surface area contributed by atoms with E-state index in [9.17, 15) is 4.79 Å². The number of aromatic amines is 1. The summed E-state index contributed by atoms with van der Waals surface area (Å²) in [6, 6.07) is 12.1. The highest BCUT2D eigenvalue weighted by Crippen LogP contribution is 2.21. The van der Waals surface area contributed by atoms with Crippen molar-refractivity contribution in [1.29, 1.82) is 0 Å². The van der Waals surface area contributed by atoms with Crippen LogP contribution in [0.3, 0.4) is 0 Å². The van der Waals surface area contributed by atoms with Gasteiger partial charge in [0.05, 0.1) is 19.3 Å². The largest absolute Gasteiger partial charge is 0.379 e. The molecule has 2 aromatic heterocycles. The smallest absolute Gasteiger partial charge is 0.267 e. The van der Waals surface area contributed by atoms with E-state index in [2.05, 4.69) is 32.3 Å². The molecule has 140 valence electrons. The van der Waals surface area contributed by atoms with Gasteiger partial charge in [0.2, 0.25) is 0 Å². The van der Waals surface area contributed by atoms with Crippen LogP contribution in [0.4, 0.5) is 0 Å². The zero-order valence-corrected chi connectivity index (χ0v) is 15.4. The molecule has 1 aromatic carbocycles. The first-order valence-corrected chi connectivity index (χ1v) is 9.30. The third-order valence-corrected chi connectivity index (χ3v) is 5.03. The normalized spacial score (nSPS) is 16.3. The lowest BCUT2D eigenvalue weighted by molar-refractivity contribution is 0.0161. The van der Waals surface area contributed by atoms with E-state index in [0.29, 0.717) is 25.5 Å². The van der Waals surface area contributed by atoms with Gasteiger partial charge >= 0.3 is 0 Å². The molecule has 6 heteroatoms. The summed E-state index contributed by atoms with van der Waals surface area (Å²) in [7, 11) is 0. The fraction of sp³-hybridized carbons (Fsp3) is 0.333. The van der Waals surface area contributed by atoms with Gasteiger partial charge in [0.15, 0.2) is 0 Å². The number of nitrogens with one attached hydrogen (secondary N) is 2. The lowest BCUT2D eigenvalue weighted by atomic mass is 10.1. The summed E-state index contributed by atoms with van der Waals surface area (Å²) in [6.45, 7) is 5.70. The highest BCUT2D eigenvalue weighted by Gasteiger charge is 2.23. The highest BCUT2D eigenvalue weighted by molar-refractivity contribution is 5.98. The Labute approximate surface area is 158 Å². The summed E-state index contributed by atoms with van der Waals surface area (Å²) in [6.07, 6.45) is 3.64. The number of amides is 1. The number of fused-ring (bicyclic) bond motifs is 1. The SMILES string of the molecule is Cc1ccc2[nH]c(C(=O)NCC(c3cccnc3)N3CCOCC3)cc2c1. The molecule has 1 atom stereocenters. The van der Waals surface area contributed by atoms with E-state index in [-0.39, 0.29) is 11.9 Å². The van der Waals surface area contributed by atoms with Gasteiger partial charge in [0.25, 0.3) is 5.91 Å². The van der Waals surface area contributed by atoms with E-state index in [4.69, 9.17) is 4.74 Å².